The zero-order valence-electron chi connectivity index (χ0n) is 17.2. The summed E-state index contributed by atoms with van der Waals surface area (Å²) >= 11 is 0. The summed E-state index contributed by atoms with van der Waals surface area (Å²) in [6, 6.07) is 14.2. The van der Waals surface area contributed by atoms with Crippen LogP contribution in [-0.2, 0) is 9.53 Å². The summed E-state index contributed by atoms with van der Waals surface area (Å²) in [4.78, 5) is 36.4. The van der Waals surface area contributed by atoms with Crippen molar-refractivity contribution in [3.63, 3.8) is 0 Å². The zero-order chi connectivity index (χ0) is 21.4. The lowest BCUT2D eigenvalue weighted by Gasteiger charge is -2.19. The van der Waals surface area contributed by atoms with E-state index in [0.29, 0.717) is 16.9 Å². The molecule has 0 bridgehead atoms. The van der Waals surface area contributed by atoms with E-state index in [1.54, 1.807) is 57.2 Å². The van der Waals surface area contributed by atoms with E-state index < -0.39 is 11.7 Å². The van der Waals surface area contributed by atoms with Crippen LogP contribution in [0.3, 0.4) is 0 Å². The van der Waals surface area contributed by atoms with E-state index >= 15 is 0 Å². The van der Waals surface area contributed by atoms with Crippen LogP contribution in [0.4, 0.5) is 16.2 Å². The number of ether oxygens (including phenoxy) is 1. The Morgan fingerprint density at radius 2 is 1.48 bits per heavy atom. The van der Waals surface area contributed by atoms with Gasteiger partial charge in [-0.2, -0.15) is 0 Å². The van der Waals surface area contributed by atoms with E-state index in [9.17, 15) is 14.4 Å². The third kappa shape index (κ3) is 7.29. The van der Waals surface area contributed by atoms with Gasteiger partial charge in [-0.3, -0.25) is 9.59 Å². The van der Waals surface area contributed by atoms with Gasteiger partial charge >= 0.3 is 6.09 Å². The molecule has 0 aliphatic heterocycles. The van der Waals surface area contributed by atoms with E-state index in [-0.39, 0.29) is 24.8 Å². The molecule has 2 aromatic carbocycles. The molecule has 0 unspecified atom stereocenters. The second-order valence-corrected chi connectivity index (χ2v) is 7.54. The molecule has 0 aliphatic rings. The first kappa shape index (κ1) is 21.9. The summed E-state index contributed by atoms with van der Waals surface area (Å²) in [6.07, 6.45) is -0.504. The average Bonchev–Trinajstić information content (AvgIpc) is 2.62. The predicted octanol–water partition coefficient (Wildman–Crippen LogP) is 4.10. The van der Waals surface area contributed by atoms with Crippen LogP contribution in [0.25, 0.3) is 0 Å². The van der Waals surface area contributed by atoms with Crippen molar-refractivity contribution in [3.05, 3.63) is 59.7 Å². The van der Waals surface area contributed by atoms with Crippen LogP contribution < -0.4 is 16.0 Å². The van der Waals surface area contributed by atoms with Gasteiger partial charge in [-0.25, -0.2) is 4.79 Å². The minimum atomic E-state index is -0.597. The molecule has 2 rings (SSSR count). The molecule has 0 atom stereocenters. The molecule has 3 N–H and O–H groups in total. The van der Waals surface area contributed by atoms with Crippen LogP contribution in [0.1, 0.15) is 43.1 Å². The van der Waals surface area contributed by atoms with Crippen LogP contribution >= 0.6 is 0 Å². The Kier molecular flexibility index (Phi) is 7.36. The number of hydrogen-bond acceptors (Lipinski definition) is 4. The summed E-state index contributed by atoms with van der Waals surface area (Å²) in [6.45, 7) is 7.29. The first-order valence-corrected chi connectivity index (χ1v) is 9.38. The second-order valence-electron chi connectivity index (χ2n) is 7.54. The van der Waals surface area contributed by atoms with Crippen molar-refractivity contribution >= 4 is 29.3 Å². The highest BCUT2D eigenvalue weighted by molar-refractivity contribution is 6.08. The third-order valence-corrected chi connectivity index (χ3v) is 3.86. The standard InChI is InChI=1S/C22H27N3O4/c1-15-9-5-6-10-16(15)20(27)25-18-12-8-7-11-17(18)24-19(26)13-14-23-21(28)29-22(2,3)4/h5-12H,13-14H2,1-4H3,(H,23,28)(H,24,26)(H,25,27). The maximum absolute atomic E-state index is 12.5. The molecule has 0 radical (unpaired) electrons. The quantitative estimate of drug-likeness (QED) is 0.684. The summed E-state index contributed by atoms with van der Waals surface area (Å²) < 4.78 is 5.12. The molecule has 0 aliphatic carbocycles. The van der Waals surface area contributed by atoms with Gasteiger partial charge in [0.25, 0.3) is 5.91 Å². The van der Waals surface area contributed by atoms with Gasteiger partial charge in [0.05, 0.1) is 11.4 Å². The third-order valence-electron chi connectivity index (χ3n) is 3.86. The van der Waals surface area contributed by atoms with Gasteiger partial charge in [-0.15, -0.1) is 0 Å². The fraction of sp³-hybridized carbons (Fsp3) is 0.318. The number of para-hydroxylation sites is 2. The Morgan fingerprint density at radius 3 is 2.10 bits per heavy atom. The van der Waals surface area contributed by atoms with E-state index in [0.717, 1.165) is 5.56 Å². The Bertz CT molecular complexity index is 888. The minimum absolute atomic E-state index is 0.0688. The van der Waals surface area contributed by atoms with E-state index in [2.05, 4.69) is 16.0 Å². The molecule has 7 nitrogen and oxygen atoms in total. The maximum atomic E-state index is 12.5. The van der Waals surface area contributed by atoms with Crippen molar-refractivity contribution in [2.75, 3.05) is 17.2 Å². The largest absolute Gasteiger partial charge is 0.444 e. The molecule has 29 heavy (non-hydrogen) atoms. The van der Waals surface area contributed by atoms with Gasteiger partial charge in [-0.05, 0) is 51.5 Å². The maximum Gasteiger partial charge on any atom is 0.407 e. The molecule has 7 heteroatoms. The molecule has 0 heterocycles. The molecule has 0 spiro atoms. The van der Waals surface area contributed by atoms with Crippen molar-refractivity contribution in [3.8, 4) is 0 Å². The van der Waals surface area contributed by atoms with Crippen molar-refractivity contribution < 1.29 is 19.1 Å². The molecular weight excluding hydrogens is 370 g/mol. The lowest BCUT2D eigenvalue weighted by molar-refractivity contribution is -0.116. The van der Waals surface area contributed by atoms with Gasteiger partial charge in [0.2, 0.25) is 5.91 Å². The summed E-state index contributed by atoms with van der Waals surface area (Å²) in [5.74, 6) is -0.546. The topological polar surface area (TPSA) is 96.5 Å². The Labute approximate surface area is 170 Å². The Hall–Kier alpha value is -3.35. The highest BCUT2D eigenvalue weighted by Crippen LogP contribution is 2.22. The Morgan fingerprint density at radius 1 is 0.897 bits per heavy atom. The number of rotatable bonds is 6. The predicted molar refractivity (Wildman–Crippen MR) is 113 cm³/mol. The molecule has 0 fully saturated rings. The van der Waals surface area contributed by atoms with Crippen LogP contribution in [-0.4, -0.2) is 30.1 Å². The fourth-order valence-corrected chi connectivity index (χ4v) is 2.52. The van der Waals surface area contributed by atoms with Crippen LogP contribution in [0.2, 0.25) is 0 Å². The van der Waals surface area contributed by atoms with Crippen molar-refractivity contribution in [2.24, 2.45) is 0 Å². The van der Waals surface area contributed by atoms with Gasteiger partial charge in [0.15, 0.2) is 0 Å². The molecule has 2 aromatic rings. The summed E-state index contributed by atoms with van der Waals surface area (Å²) in [5, 5.41) is 8.13. The van der Waals surface area contributed by atoms with E-state index in [4.69, 9.17) is 4.74 Å². The second kappa shape index (κ2) is 9.73. The van der Waals surface area contributed by atoms with Crippen molar-refractivity contribution in [1.29, 1.82) is 0 Å². The highest BCUT2D eigenvalue weighted by atomic mass is 16.6. The first-order chi connectivity index (χ1) is 13.7. The monoisotopic (exact) mass is 397 g/mol. The van der Waals surface area contributed by atoms with Crippen molar-refractivity contribution in [2.45, 2.75) is 39.7 Å². The number of alkyl carbamates (subject to hydrolysis) is 1. The van der Waals surface area contributed by atoms with Gasteiger partial charge < -0.3 is 20.7 Å². The number of carbonyl (C=O) groups is 3. The number of hydrogen-bond donors (Lipinski definition) is 3. The average molecular weight is 397 g/mol. The SMILES string of the molecule is Cc1ccccc1C(=O)Nc1ccccc1NC(=O)CCNC(=O)OC(C)(C)C. The number of benzene rings is 2. The highest BCUT2D eigenvalue weighted by Gasteiger charge is 2.16. The van der Waals surface area contributed by atoms with Crippen LogP contribution in [0.5, 0.6) is 0 Å². The molecular formula is C22H27N3O4. The normalized spacial score (nSPS) is 10.8. The number of amides is 3. The Balaban J connectivity index is 1.93. The van der Waals surface area contributed by atoms with E-state index in [1.165, 1.54) is 0 Å². The van der Waals surface area contributed by atoms with Crippen LogP contribution in [0, 0.1) is 6.92 Å². The fourth-order valence-electron chi connectivity index (χ4n) is 2.52. The summed E-state index contributed by atoms with van der Waals surface area (Å²) in [5.41, 5.74) is 1.81. The number of aryl methyl sites for hydroxylation is 1. The van der Waals surface area contributed by atoms with E-state index in [1.807, 2.05) is 19.1 Å². The lowest BCUT2D eigenvalue weighted by atomic mass is 10.1. The van der Waals surface area contributed by atoms with Gasteiger partial charge in [-0.1, -0.05) is 30.3 Å². The first-order valence-electron chi connectivity index (χ1n) is 9.38. The number of carbonyl (C=O) groups excluding carboxylic acids is 3. The lowest BCUT2D eigenvalue weighted by Crippen LogP contribution is -2.34. The number of anilines is 2. The molecule has 3 amide bonds. The van der Waals surface area contributed by atoms with Crippen LogP contribution in [0.15, 0.2) is 48.5 Å². The molecule has 0 saturated heterocycles. The van der Waals surface area contributed by atoms with Gasteiger partial charge in [0.1, 0.15) is 5.60 Å². The molecule has 154 valence electrons. The van der Waals surface area contributed by atoms with Crippen molar-refractivity contribution in [1.82, 2.24) is 5.32 Å². The number of nitrogens with one attached hydrogen (secondary N) is 3. The zero-order valence-corrected chi connectivity index (χ0v) is 17.2. The molecule has 0 saturated carbocycles. The smallest absolute Gasteiger partial charge is 0.407 e. The molecule has 0 aromatic heterocycles. The van der Waals surface area contributed by atoms with Gasteiger partial charge in [0, 0.05) is 18.5 Å². The minimum Gasteiger partial charge on any atom is -0.444 e. The summed E-state index contributed by atoms with van der Waals surface area (Å²) in [7, 11) is 0.